The molecule has 170 valence electrons. The third-order valence-electron chi connectivity index (χ3n) is 6.45. The quantitative estimate of drug-likeness (QED) is 0.408. The molecule has 2 unspecified atom stereocenters. The smallest absolute Gasteiger partial charge is 0.352 e. The summed E-state index contributed by atoms with van der Waals surface area (Å²) in [7, 11) is 4.18. The molecule has 0 aromatic heterocycles. The number of piperazine rings is 1. The van der Waals surface area contributed by atoms with Gasteiger partial charge in [0.05, 0.1) is 11.3 Å². The second-order valence-corrected chi connectivity index (χ2v) is 8.59. The van der Waals surface area contributed by atoms with Crippen molar-refractivity contribution in [2.45, 2.75) is 52.4 Å². The van der Waals surface area contributed by atoms with E-state index in [1.807, 2.05) is 0 Å². The van der Waals surface area contributed by atoms with E-state index in [4.69, 9.17) is 9.98 Å². The van der Waals surface area contributed by atoms with Crippen LogP contribution >= 0.6 is 0 Å². The lowest BCUT2D eigenvalue weighted by molar-refractivity contribution is -0.522. The minimum Gasteiger partial charge on any atom is -0.352 e. The summed E-state index contributed by atoms with van der Waals surface area (Å²) in [6, 6.07) is 3.88. The Hall–Kier alpha value is -2.22. The summed E-state index contributed by atoms with van der Waals surface area (Å²) in [5, 5.41) is 0. The molecule has 0 N–H and O–H groups in total. The van der Waals surface area contributed by atoms with Crippen LogP contribution in [0.1, 0.15) is 38.3 Å². The average molecular weight is 437 g/mol. The maximum Gasteiger partial charge on any atom is 0.416 e. The van der Waals surface area contributed by atoms with Gasteiger partial charge in [-0.15, -0.1) is 0 Å². The summed E-state index contributed by atoms with van der Waals surface area (Å²) in [4.78, 5) is 14.5. The first-order valence-corrected chi connectivity index (χ1v) is 10.9. The molecule has 0 spiro atoms. The maximum absolute atomic E-state index is 13.1. The summed E-state index contributed by atoms with van der Waals surface area (Å²) < 4.78 is 41.6. The number of rotatable bonds is 3. The monoisotopic (exact) mass is 436 g/mol. The first kappa shape index (κ1) is 23.4. The Morgan fingerprint density at radius 1 is 1.19 bits per heavy atom. The Labute approximate surface area is 183 Å². The number of aliphatic imine (C=N–C) groups is 2. The van der Waals surface area contributed by atoms with E-state index in [1.165, 1.54) is 17.8 Å². The Bertz CT molecular complexity index is 908. The van der Waals surface area contributed by atoms with Crippen LogP contribution in [0, 0.1) is 6.92 Å². The number of alkyl halides is 3. The molecule has 0 amide bonds. The molecule has 5 nitrogen and oxygen atoms in total. The Balaban J connectivity index is 2.09. The van der Waals surface area contributed by atoms with Gasteiger partial charge in [0, 0.05) is 39.5 Å². The second-order valence-electron chi connectivity index (χ2n) is 8.59. The Kier molecular flexibility index (Phi) is 6.88. The molecule has 0 bridgehead atoms. The van der Waals surface area contributed by atoms with E-state index in [1.54, 1.807) is 6.92 Å². The molecule has 0 radical (unpaired) electrons. The van der Waals surface area contributed by atoms with Crippen molar-refractivity contribution < 1.29 is 17.7 Å². The van der Waals surface area contributed by atoms with E-state index >= 15 is 0 Å². The molecule has 3 rings (SSSR count). The standard InChI is InChI=1S/C23H33F3N5/c1-7-20-21(27-16(3)17(4)30(20)6)22(31-12-10-29(5)11-13-31)28-19-9-8-18(14-15(19)2)23(24,25)26/h8-9,14,16,20H,7,10-13H2,1-6H3/q+1. The van der Waals surface area contributed by atoms with Gasteiger partial charge in [0.15, 0.2) is 17.6 Å². The third-order valence-corrected chi connectivity index (χ3v) is 6.45. The summed E-state index contributed by atoms with van der Waals surface area (Å²) in [6.45, 7) is 11.4. The van der Waals surface area contributed by atoms with Crippen molar-refractivity contribution in [1.82, 2.24) is 9.80 Å². The van der Waals surface area contributed by atoms with Crippen molar-refractivity contribution >= 4 is 22.9 Å². The fourth-order valence-corrected chi connectivity index (χ4v) is 4.17. The molecule has 2 atom stereocenters. The van der Waals surface area contributed by atoms with Crippen molar-refractivity contribution in [2.75, 3.05) is 40.3 Å². The molecular formula is C23H33F3N5+. The third kappa shape index (κ3) is 5.00. The van der Waals surface area contributed by atoms with Crippen molar-refractivity contribution in [3.63, 3.8) is 0 Å². The Morgan fingerprint density at radius 3 is 2.39 bits per heavy atom. The first-order chi connectivity index (χ1) is 14.5. The van der Waals surface area contributed by atoms with Crippen LogP contribution in [0.5, 0.6) is 0 Å². The van der Waals surface area contributed by atoms with Gasteiger partial charge in [0.2, 0.25) is 0 Å². The number of benzene rings is 1. The molecule has 2 heterocycles. The largest absolute Gasteiger partial charge is 0.416 e. The Morgan fingerprint density at radius 2 is 1.84 bits per heavy atom. The molecule has 2 aliphatic rings. The minimum absolute atomic E-state index is 0.0363. The average Bonchev–Trinajstić information content (AvgIpc) is 2.71. The number of hydrogen-bond acceptors (Lipinski definition) is 3. The lowest BCUT2D eigenvalue weighted by atomic mass is 10.0. The number of aryl methyl sites for hydroxylation is 1. The number of amidine groups is 1. The molecule has 1 aromatic carbocycles. The number of likely N-dealkylation sites (N-methyl/N-ethyl adjacent to an activating group) is 1. The van der Waals surface area contributed by atoms with Crippen LogP contribution in [0.25, 0.3) is 0 Å². The van der Waals surface area contributed by atoms with Crippen LogP contribution in [-0.2, 0) is 6.18 Å². The van der Waals surface area contributed by atoms with Gasteiger partial charge in [-0.2, -0.15) is 13.2 Å². The lowest BCUT2D eigenvalue weighted by Crippen LogP contribution is -2.54. The summed E-state index contributed by atoms with van der Waals surface area (Å²) in [6.07, 6.45) is -3.49. The molecule has 1 aromatic rings. The SMILES string of the molecule is CCC1C(C(=Nc2ccc(C(F)(F)F)cc2C)N2CCN(C)CC2)=NC(C)C(C)=[N+]1C. The van der Waals surface area contributed by atoms with Gasteiger partial charge in [-0.05, 0) is 44.7 Å². The maximum atomic E-state index is 13.1. The highest BCUT2D eigenvalue weighted by Gasteiger charge is 2.37. The summed E-state index contributed by atoms with van der Waals surface area (Å²) in [5.41, 5.74) is 2.55. The normalized spacial score (nSPS) is 24.0. The van der Waals surface area contributed by atoms with Gasteiger partial charge in [0.1, 0.15) is 18.8 Å². The highest BCUT2D eigenvalue weighted by molar-refractivity contribution is 6.43. The van der Waals surface area contributed by atoms with E-state index in [2.05, 4.69) is 49.2 Å². The van der Waals surface area contributed by atoms with Gasteiger partial charge in [-0.25, -0.2) is 9.57 Å². The molecule has 1 saturated heterocycles. The lowest BCUT2D eigenvalue weighted by Gasteiger charge is -2.36. The second kappa shape index (κ2) is 9.10. The highest BCUT2D eigenvalue weighted by Crippen LogP contribution is 2.32. The van der Waals surface area contributed by atoms with E-state index in [0.29, 0.717) is 11.3 Å². The van der Waals surface area contributed by atoms with Gasteiger partial charge >= 0.3 is 6.18 Å². The van der Waals surface area contributed by atoms with Crippen molar-refractivity contribution in [3.05, 3.63) is 29.3 Å². The first-order valence-electron chi connectivity index (χ1n) is 10.9. The molecule has 2 aliphatic heterocycles. The number of nitrogens with zero attached hydrogens (tertiary/aromatic N) is 5. The van der Waals surface area contributed by atoms with Gasteiger partial charge in [-0.3, -0.25) is 4.99 Å². The predicted octanol–water partition coefficient (Wildman–Crippen LogP) is 4.02. The topological polar surface area (TPSA) is 34.2 Å². The van der Waals surface area contributed by atoms with Crippen LogP contribution in [0.2, 0.25) is 0 Å². The van der Waals surface area contributed by atoms with Crippen LogP contribution < -0.4 is 0 Å². The van der Waals surface area contributed by atoms with Crippen LogP contribution in [0.4, 0.5) is 18.9 Å². The van der Waals surface area contributed by atoms with E-state index in [0.717, 1.165) is 50.2 Å². The molecule has 8 heteroatoms. The van der Waals surface area contributed by atoms with Gasteiger partial charge in [-0.1, -0.05) is 6.92 Å². The molecule has 0 aliphatic carbocycles. The fourth-order valence-electron chi connectivity index (χ4n) is 4.17. The van der Waals surface area contributed by atoms with Gasteiger partial charge < -0.3 is 9.80 Å². The zero-order valence-electron chi connectivity index (χ0n) is 19.3. The molecule has 0 saturated carbocycles. The van der Waals surface area contributed by atoms with E-state index in [9.17, 15) is 13.2 Å². The zero-order valence-corrected chi connectivity index (χ0v) is 19.3. The minimum atomic E-state index is -4.36. The highest BCUT2D eigenvalue weighted by atomic mass is 19.4. The fraction of sp³-hybridized carbons (Fsp3) is 0.609. The van der Waals surface area contributed by atoms with Gasteiger partial charge in [0.25, 0.3) is 0 Å². The number of halogens is 3. The predicted molar refractivity (Wildman–Crippen MR) is 120 cm³/mol. The molecule has 31 heavy (non-hydrogen) atoms. The zero-order chi connectivity index (χ0) is 22.9. The molecule has 1 fully saturated rings. The van der Waals surface area contributed by atoms with Crippen LogP contribution in [0.3, 0.4) is 0 Å². The van der Waals surface area contributed by atoms with E-state index < -0.39 is 11.7 Å². The van der Waals surface area contributed by atoms with Crippen molar-refractivity contribution in [1.29, 1.82) is 0 Å². The summed E-state index contributed by atoms with van der Waals surface area (Å²) in [5.74, 6) is 0.786. The van der Waals surface area contributed by atoms with E-state index in [-0.39, 0.29) is 12.1 Å². The van der Waals surface area contributed by atoms with Crippen LogP contribution in [-0.4, -0.2) is 84.0 Å². The molecular weight excluding hydrogens is 403 g/mol. The number of hydrogen-bond donors (Lipinski definition) is 0. The summed E-state index contributed by atoms with van der Waals surface area (Å²) >= 11 is 0. The van der Waals surface area contributed by atoms with Crippen LogP contribution in [0.15, 0.2) is 28.2 Å². The van der Waals surface area contributed by atoms with Crippen molar-refractivity contribution in [3.8, 4) is 0 Å². The van der Waals surface area contributed by atoms with Crippen molar-refractivity contribution in [2.24, 2.45) is 9.98 Å².